The molecule has 2 aromatic heterocycles. The van der Waals surface area contributed by atoms with E-state index in [0.717, 1.165) is 11.3 Å². The average Bonchev–Trinajstić information content (AvgIpc) is 2.97. The van der Waals surface area contributed by atoms with Gasteiger partial charge in [0.05, 0.1) is 12.5 Å². The van der Waals surface area contributed by atoms with Crippen LogP contribution in [0.15, 0.2) is 36.5 Å². The molecule has 2 N–H and O–H groups in total. The van der Waals surface area contributed by atoms with E-state index in [4.69, 9.17) is 0 Å². The highest BCUT2D eigenvalue weighted by molar-refractivity contribution is 5.97. The lowest BCUT2D eigenvalue weighted by Crippen LogP contribution is -2.36. The first-order valence-corrected chi connectivity index (χ1v) is 7.50. The van der Waals surface area contributed by atoms with Crippen LogP contribution in [0.25, 0.3) is 5.78 Å². The molecule has 0 saturated heterocycles. The number of amides is 2. The summed E-state index contributed by atoms with van der Waals surface area (Å²) in [6, 6.07) is 8.76. The summed E-state index contributed by atoms with van der Waals surface area (Å²) in [5, 5.41) is 13.5. The van der Waals surface area contributed by atoms with Crippen LogP contribution in [0.4, 0.5) is 5.69 Å². The second kappa shape index (κ2) is 5.41. The van der Waals surface area contributed by atoms with Crippen molar-refractivity contribution in [2.75, 3.05) is 5.32 Å². The number of anilines is 1. The van der Waals surface area contributed by atoms with Gasteiger partial charge in [0.15, 0.2) is 0 Å². The molecule has 2 amide bonds. The Hall–Kier alpha value is -3.29. The van der Waals surface area contributed by atoms with Gasteiger partial charge in [-0.15, -0.1) is 10.2 Å². The Labute approximate surface area is 136 Å². The van der Waals surface area contributed by atoms with E-state index in [1.807, 2.05) is 31.2 Å². The minimum atomic E-state index is -0.409. The molecule has 3 aromatic rings. The van der Waals surface area contributed by atoms with Crippen molar-refractivity contribution in [3.05, 3.63) is 53.6 Å². The minimum Gasteiger partial charge on any atom is -0.342 e. The van der Waals surface area contributed by atoms with E-state index in [2.05, 4.69) is 25.8 Å². The van der Waals surface area contributed by atoms with Crippen molar-refractivity contribution in [3.63, 3.8) is 0 Å². The molecule has 3 heterocycles. The Balaban J connectivity index is 1.65. The number of benzene rings is 1. The summed E-state index contributed by atoms with van der Waals surface area (Å²) in [7, 11) is 0. The predicted octanol–water partition coefficient (Wildman–Crippen LogP) is 1.25. The Kier molecular flexibility index (Phi) is 3.23. The molecule has 1 aliphatic heterocycles. The summed E-state index contributed by atoms with van der Waals surface area (Å²) < 4.78 is 1.52. The summed E-state index contributed by atoms with van der Waals surface area (Å²) >= 11 is 0. The van der Waals surface area contributed by atoms with E-state index in [1.165, 1.54) is 4.40 Å². The second-order valence-electron chi connectivity index (χ2n) is 5.63. The fourth-order valence-corrected chi connectivity index (χ4v) is 2.79. The zero-order chi connectivity index (χ0) is 16.7. The molecule has 0 saturated carbocycles. The molecular formula is C16H14N6O2. The van der Waals surface area contributed by atoms with Crippen LogP contribution < -0.4 is 10.6 Å². The van der Waals surface area contributed by atoms with E-state index in [9.17, 15) is 9.59 Å². The monoisotopic (exact) mass is 322 g/mol. The van der Waals surface area contributed by atoms with Gasteiger partial charge in [-0.25, -0.2) is 4.98 Å². The normalized spacial score (nSPS) is 16.5. The van der Waals surface area contributed by atoms with Crippen LogP contribution in [0.1, 0.15) is 34.3 Å². The standard InChI is InChI=1S/C16H14N6O2/c1-9-6-7-22-14(20-21-16(22)17-9)15(24)19-12-8-13(23)18-11-5-3-2-4-10(11)12/h2-7,12H,8H2,1H3,(H,18,23)(H,19,24). The van der Waals surface area contributed by atoms with E-state index in [0.29, 0.717) is 11.5 Å². The smallest absolute Gasteiger partial charge is 0.290 e. The molecule has 1 atom stereocenters. The van der Waals surface area contributed by atoms with Crippen molar-refractivity contribution in [2.24, 2.45) is 0 Å². The lowest BCUT2D eigenvalue weighted by molar-refractivity contribution is -0.116. The predicted molar refractivity (Wildman–Crippen MR) is 85.4 cm³/mol. The summed E-state index contributed by atoms with van der Waals surface area (Å²) in [5.74, 6) is -0.0343. The van der Waals surface area contributed by atoms with Crippen molar-refractivity contribution in [1.29, 1.82) is 0 Å². The molecule has 8 nitrogen and oxygen atoms in total. The lowest BCUT2D eigenvalue weighted by atomic mass is 9.97. The molecule has 4 rings (SSSR count). The molecule has 0 radical (unpaired) electrons. The number of carbonyl (C=O) groups excluding carboxylic acids is 2. The molecule has 1 aromatic carbocycles. The maximum absolute atomic E-state index is 12.6. The number of para-hydroxylation sites is 1. The van der Waals surface area contributed by atoms with Gasteiger partial charge in [0, 0.05) is 17.6 Å². The number of carbonyl (C=O) groups is 2. The maximum Gasteiger partial charge on any atom is 0.290 e. The fraction of sp³-hybridized carbons (Fsp3) is 0.188. The molecule has 120 valence electrons. The van der Waals surface area contributed by atoms with Gasteiger partial charge < -0.3 is 10.6 Å². The van der Waals surface area contributed by atoms with Crippen LogP contribution in [0.3, 0.4) is 0 Å². The molecule has 1 unspecified atom stereocenters. The van der Waals surface area contributed by atoms with Crippen molar-refractivity contribution in [2.45, 2.75) is 19.4 Å². The largest absolute Gasteiger partial charge is 0.342 e. The van der Waals surface area contributed by atoms with Crippen LogP contribution in [0, 0.1) is 6.92 Å². The Morgan fingerprint density at radius 1 is 1.29 bits per heavy atom. The van der Waals surface area contributed by atoms with E-state index in [1.54, 1.807) is 12.3 Å². The number of hydrogen-bond acceptors (Lipinski definition) is 5. The van der Waals surface area contributed by atoms with E-state index < -0.39 is 11.9 Å². The second-order valence-corrected chi connectivity index (χ2v) is 5.63. The minimum absolute atomic E-state index is 0.137. The summed E-state index contributed by atoms with van der Waals surface area (Å²) in [5.41, 5.74) is 2.37. The van der Waals surface area contributed by atoms with Gasteiger partial charge in [0.2, 0.25) is 11.7 Å². The molecule has 8 heteroatoms. The van der Waals surface area contributed by atoms with Gasteiger partial charge in [-0.2, -0.15) is 0 Å². The lowest BCUT2D eigenvalue weighted by Gasteiger charge is -2.26. The number of aryl methyl sites for hydroxylation is 1. The van der Waals surface area contributed by atoms with Gasteiger partial charge in [-0.05, 0) is 24.6 Å². The van der Waals surface area contributed by atoms with Crippen molar-refractivity contribution in [1.82, 2.24) is 24.9 Å². The van der Waals surface area contributed by atoms with Crippen LogP contribution in [-0.4, -0.2) is 31.4 Å². The van der Waals surface area contributed by atoms with Crippen molar-refractivity contribution in [3.8, 4) is 0 Å². The number of fused-ring (bicyclic) bond motifs is 2. The topological polar surface area (TPSA) is 101 Å². The van der Waals surface area contributed by atoms with Crippen LogP contribution in [0.5, 0.6) is 0 Å². The Morgan fingerprint density at radius 3 is 3.00 bits per heavy atom. The van der Waals surface area contributed by atoms with Crippen molar-refractivity contribution >= 4 is 23.3 Å². The summed E-state index contributed by atoms with van der Waals surface area (Å²) in [6.07, 6.45) is 1.88. The van der Waals surface area contributed by atoms with Gasteiger partial charge in [0.25, 0.3) is 11.7 Å². The molecule has 0 bridgehead atoms. The van der Waals surface area contributed by atoms with Gasteiger partial charge in [-0.3, -0.25) is 14.0 Å². The number of rotatable bonds is 2. The number of aromatic nitrogens is 4. The molecule has 24 heavy (non-hydrogen) atoms. The van der Waals surface area contributed by atoms with Crippen LogP contribution in [0.2, 0.25) is 0 Å². The zero-order valence-electron chi connectivity index (χ0n) is 12.9. The van der Waals surface area contributed by atoms with Crippen LogP contribution >= 0.6 is 0 Å². The Morgan fingerprint density at radius 2 is 2.12 bits per heavy atom. The first-order chi connectivity index (χ1) is 11.6. The molecule has 1 aliphatic rings. The molecule has 0 aliphatic carbocycles. The third-order valence-corrected chi connectivity index (χ3v) is 3.93. The maximum atomic E-state index is 12.6. The average molecular weight is 322 g/mol. The highest BCUT2D eigenvalue weighted by Crippen LogP contribution is 2.30. The molecule has 0 spiro atoms. The quantitative estimate of drug-likeness (QED) is 0.739. The SMILES string of the molecule is Cc1ccn2c(C(=O)NC3CC(=O)Nc4ccccc43)nnc2n1. The Bertz CT molecular complexity index is 964. The van der Waals surface area contributed by atoms with E-state index in [-0.39, 0.29) is 18.2 Å². The number of hydrogen-bond donors (Lipinski definition) is 2. The first kappa shape index (κ1) is 14.3. The van der Waals surface area contributed by atoms with Crippen LogP contribution in [-0.2, 0) is 4.79 Å². The van der Waals surface area contributed by atoms with Gasteiger partial charge in [0.1, 0.15) is 0 Å². The van der Waals surface area contributed by atoms with Gasteiger partial charge >= 0.3 is 0 Å². The summed E-state index contributed by atoms with van der Waals surface area (Å²) in [4.78, 5) is 28.7. The third-order valence-electron chi connectivity index (χ3n) is 3.93. The number of nitrogens with one attached hydrogen (secondary N) is 2. The highest BCUT2D eigenvalue weighted by Gasteiger charge is 2.27. The molecular weight excluding hydrogens is 308 g/mol. The fourth-order valence-electron chi connectivity index (χ4n) is 2.79. The number of nitrogens with zero attached hydrogens (tertiary/aromatic N) is 4. The third kappa shape index (κ3) is 2.37. The zero-order valence-corrected chi connectivity index (χ0v) is 12.9. The first-order valence-electron chi connectivity index (χ1n) is 7.50. The van der Waals surface area contributed by atoms with Gasteiger partial charge in [-0.1, -0.05) is 18.2 Å². The highest BCUT2D eigenvalue weighted by atomic mass is 16.2. The van der Waals surface area contributed by atoms with Crippen molar-refractivity contribution < 1.29 is 9.59 Å². The van der Waals surface area contributed by atoms with E-state index >= 15 is 0 Å². The molecule has 0 fully saturated rings. The summed E-state index contributed by atoms with van der Waals surface area (Å²) in [6.45, 7) is 1.84.